The Hall–Kier alpha value is -1.87. The van der Waals surface area contributed by atoms with Crippen LogP contribution in [0.4, 0.5) is 5.82 Å². The van der Waals surface area contributed by atoms with Crippen LogP contribution in [0, 0.1) is 13.8 Å². The van der Waals surface area contributed by atoms with Crippen LogP contribution in [0.3, 0.4) is 0 Å². The van der Waals surface area contributed by atoms with E-state index in [0.717, 1.165) is 11.1 Å². The van der Waals surface area contributed by atoms with Gasteiger partial charge in [-0.2, -0.15) is 0 Å². The van der Waals surface area contributed by atoms with E-state index in [0.29, 0.717) is 16.4 Å². The standard InChI is InChI=1S/C14H13ClN2O/c1-9-5-6-11(8-12(9)15)14(18)17-13-10(2)4-3-7-16-13/h3-8H,1-2H3,(H,16,17,18). The molecule has 4 heteroatoms. The number of amides is 1. The van der Waals surface area contributed by atoms with Crippen LogP contribution in [0.15, 0.2) is 36.5 Å². The maximum absolute atomic E-state index is 12.0. The summed E-state index contributed by atoms with van der Waals surface area (Å²) in [4.78, 5) is 16.1. The molecule has 0 aliphatic rings. The van der Waals surface area contributed by atoms with E-state index in [4.69, 9.17) is 11.6 Å². The van der Waals surface area contributed by atoms with Gasteiger partial charge in [-0.1, -0.05) is 23.7 Å². The summed E-state index contributed by atoms with van der Waals surface area (Å²) in [5.41, 5.74) is 2.39. The molecule has 0 saturated heterocycles. The first-order valence-corrected chi connectivity index (χ1v) is 5.95. The number of aromatic nitrogens is 1. The van der Waals surface area contributed by atoms with Gasteiger partial charge in [0.15, 0.2) is 0 Å². The van der Waals surface area contributed by atoms with Crippen molar-refractivity contribution in [1.82, 2.24) is 4.98 Å². The van der Waals surface area contributed by atoms with Crippen molar-refractivity contribution in [2.24, 2.45) is 0 Å². The van der Waals surface area contributed by atoms with Gasteiger partial charge < -0.3 is 5.32 Å². The van der Waals surface area contributed by atoms with Gasteiger partial charge in [-0.15, -0.1) is 0 Å². The summed E-state index contributed by atoms with van der Waals surface area (Å²) in [6, 6.07) is 8.94. The molecule has 0 spiro atoms. The molecule has 0 saturated carbocycles. The van der Waals surface area contributed by atoms with Gasteiger partial charge >= 0.3 is 0 Å². The molecule has 0 atom stereocenters. The SMILES string of the molecule is Cc1ccc(C(=O)Nc2ncccc2C)cc1Cl. The number of anilines is 1. The Balaban J connectivity index is 2.22. The van der Waals surface area contributed by atoms with E-state index < -0.39 is 0 Å². The lowest BCUT2D eigenvalue weighted by Gasteiger charge is -2.07. The van der Waals surface area contributed by atoms with Crippen molar-refractivity contribution in [1.29, 1.82) is 0 Å². The van der Waals surface area contributed by atoms with Crippen LogP contribution in [0.2, 0.25) is 5.02 Å². The van der Waals surface area contributed by atoms with Crippen molar-refractivity contribution in [3.05, 3.63) is 58.2 Å². The van der Waals surface area contributed by atoms with Gasteiger partial charge in [-0.3, -0.25) is 4.79 Å². The maximum atomic E-state index is 12.0. The molecule has 0 bridgehead atoms. The number of halogens is 1. The van der Waals surface area contributed by atoms with E-state index in [2.05, 4.69) is 10.3 Å². The Morgan fingerprint density at radius 3 is 2.67 bits per heavy atom. The van der Waals surface area contributed by atoms with E-state index in [9.17, 15) is 4.79 Å². The zero-order chi connectivity index (χ0) is 13.1. The Bertz CT molecular complexity index is 596. The quantitative estimate of drug-likeness (QED) is 0.896. The molecule has 18 heavy (non-hydrogen) atoms. The van der Waals surface area contributed by atoms with E-state index in [1.165, 1.54) is 0 Å². The maximum Gasteiger partial charge on any atom is 0.256 e. The summed E-state index contributed by atoms with van der Waals surface area (Å²) in [5.74, 6) is 0.359. The first-order chi connectivity index (χ1) is 8.58. The fourth-order valence-corrected chi connectivity index (χ4v) is 1.71. The molecular weight excluding hydrogens is 248 g/mol. The summed E-state index contributed by atoms with van der Waals surface area (Å²) >= 11 is 6.00. The van der Waals surface area contributed by atoms with Crippen LogP contribution in [-0.4, -0.2) is 10.9 Å². The molecule has 0 fully saturated rings. The van der Waals surface area contributed by atoms with Gasteiger partial charge in [-0.05, 0) is 43.2 Å². The molecular formula is C14H13ClN2O. The van der Waals surface area contributed by atoms with E-state index in [-0.39, 0.29) is 5.91 Å². The van der Waals surface area contributed by atoms with Gasteiger partial charge in [0.1, 0.15) is 5.82 Å². The molecule has 1 N–H and O–H groups in total. The zero-order valence-electron chi connectivity index (χ0n) is 10.2. The van der Waals surface area contributed by atoms with Gasteiger partial charge in [-0.25, -0.2) is 4.98 Å². The van der Waals surface area contributed by atoms with E-state index >= 15 is 0 Å². The normalized spacial score (nSPS) is 10.2. The van der Waals surface area contributed by atoms with Crippen molar-refractivity contribution in [3.63, 3.8) is 0 Å². The highest BCUT2D eigenvalue weighted by Crippen LogP contribution is 2.18. The van der Waals surface area contributed by atoms with Crippen molar-refractivity contribution in [2.75, 3.05) is 5.32 Å². The van der Waals surface area contributed by atoms with Crippen LogP contribution >= 0.6 is 11.6 Å². The average molecular weight is 261 g/mol. The lowest BCUT2D eigenvalue weighted by Crippen LogP contribution is -2.13. The van der Waals surface area contributed by atoms with Crippen molar-refractivity contribution in [3.8, 4) is 0 Å². The lowest BCUT2D eigenvalue weighted by atomic mass is 10.1. The van der Waals surface area contributed by atoms with Crippen molar-refractivity contribution < 1.29 is 4.79 Å². The van der Waals surface area contributed by atoms with Crippen molar-refractivity contribution >= 4 is 23.3 Å². The summed E-state index contributed by atoms with van der Waals surface area (Å²) in [6.45, 7) is 3.79. The largest absolute Gasteiger partial charge is 0.306 e. The minimum Gasteiger partial charge on any atom is -0.306 e. The number of nitrogens with zero attached hydrogens (tertiary/aromatic N) is 1. The summed E-state index contributed by atoms with van der Waals surface area (Å²) in [5, 5.41) is 3.35. The third kappa shape index (κ3) is 2.68. The molecule has 3 nitrogen and oxygen atoms in total. The number of carbonyl (C=O) groups excluding carboxylic acids is 1. The molecule has 2 aromatic rings. The Kier molecular flexibility index (Phi) is 3.63. The molecule has 1 aromatic carbocycles. The zero-order valence-corrected chi connectivity index (χ0v) is 11.0. The molecule has 1 heterocycles. The monoisotopic (exact) mass is 260 g/mol. The predicted molar refractivity (Wildman–Crippen MR) is 73.1 cm³/mol. The number of aryl methyl sites for hydroxylation is 2. The van der Waals surface area contributed by atoms with Crippen LogP contribution in [-0.2, 0) is 0 Å². The van der Waals surface area contributed by atoms with Crippen LogP contribution in [0.1, 0.15) is 21.5 Å². The second-order valence-corrected chi connectivity index (χ2v) is 4.49. The molecule has 92 valence electrons. The number of rotatable bonds is 2. The van der Waals surface area contributed by atoms with Crippen LogP contribution < -0.4 is 5.32 Å². The number of nitrogens with one attached hydrogen (secondary N) is 1. The summed E-state index contributed by atoms with van der Waals surface area (Å²) in [7, 11) is 0. The summed E-state index contributed by atoms with van der Waals surface area (Å²) < 4.78 is 0. The number of benzene rings is 1. The second kappa shape index (κ2) is 5.19. The molecule has 0 aliphatic heterocycles. The highest BCUT2D eigenvalue weighted by atomic mass is 35.5. The smallest absolute Gasteiger partial charge is 0.256 e. The Labute approximate surface area is 111 Å². The summed E-state index contributed by atoms with van der Waals surface area (Å²) in [6.07, 6.45) is 1.64. The third-order valence-electron chi connectivity index (χ3n) is 2.68. The predicted octanol–water partition coefficient (Wildman–Crippen LogP) is 3.60. The van der Waals surface area contributed by atoms with E-state index in [1.54, 1.807) is 18.3 Å². The minimum absolute atomic E-state index is 0.210. The number of hydrogen-bond donors (Lipinski definition) is 1. The molecule has 1 amide bonds. The molecule has 1 aromatic heterocycles. The molecule has 0 radical (unpaired) electrons. The van der Waals surface area contributed by atoms with Gasteiger partial charge in [0.25, 0.3) is 5.91 Å². The fourth-order valence-electron chi connectivity index (χ4n) is 1.53. The third-order valence-corrected chi connectivity index (χ3v) is 3.08. The number of hydrogen-bond acceptors (Lipinski definition) is 2. The second-order valence-electron chi connectivity index (χ2n) is 4.09. The first kappa shape index (κ1) is 12.6. The average Bonchev–Trinajstić information content (AvgIpc) is 2.35. The number of carbonyl (C=O) groups is 1. The highest BCUT2D eigenvalue weighted by Gasteiger charge is 2.09. The highest BCUT2D eigenvalue weighted by molar-refractivity contribution is 6.31. The fraction of sp³-hybridized carbons (Fsp3) is 0.143. The van der Waals surface area contributed by atoms with Crippen LogP contribution in [0.25, 0.3) is 0 Å². The minimum atomic E-state index is -0.210. The van der Waals surface area contributed by atoms with Crippen LogP contribution in [0.5, 0.6) is 0 Å². The van der Waals surface area contributed by atoms with Gasteiger partial charge in [0, 0.05) is 16.8 Å². The topological polar surface area (TPSA) is 42.0 Å². The first-order valence-electron chi connectivity index (χ1n) is 5.57. The Morgan fingerprint density at radius 2 is 2.00 bits per heavy atom. The number of pyridine rings is 1. The van der Waals surface area contributed by atoms with Gasteiger partial charge in [0.05, 0.1) is 0 Å². The van der Waals surface area contributed by atoms with Gasteiger partial charge in [0.2, 0.25) is 0 Å². The van der Waals surface area contributed by atoms with Crippen molar-refractivity contribution in [2.45, 2.75) is 13.8 Å². The van der Waals surface area contributed by atoms with E-state index in [1.807, 2.05) is 32.0 Å². The molecule has 2 rings (SSSR count). The Morgan fingerprint density at radius 1 is 1.22 bits per heavy atom. The molecule has 0 aliphatic carbocycles. The lowest BCUT2D eigenvalue weighted by molar-refractivity contribution is 0.102. The molecule has 0 unspecified atom stereocenters.